The van der Waals surface area contributed by atoms with Crippen molar-refractivity contribution >= 4 is 44.8 Å². The molecule has 0 saturated carbocycles. The van der Waals surface area contributed by atoms with Crippen molar-refractivity contribution in [1.82, 2.24) is 9.73 Å². The van der Waals surface area contributed by atoms with Crippen molar-refractivity contribution in [3.05, 3.63) is 57.6 Å². The van der Waals surface area contributed by atoms with Crippen LogP contribution in [0.25, 0.3) is 0 Å². The average Bonchev–Trinajstić information content (AvgIpc) is 3.24. The lowest BCUT2D eigenvalue weighted by Gasteiger charge is -2.15. The smallest absolute Gasteiger partial charge is 0.271 e. The Morgan fingerprint density at radius 2 is 1.86 bits per heavy atom. The molecular formula is C19H19Cl2N3O4S. The molecule has 154 valence electrons. The lowest BCUT2D eigenvalue weighted by atomic mass is 10.1. The third kappa shape index (κ3) is 4.72. The van der Waals surface area contributed by atoms with Crippen LogP contribution < -0.4 is 5.43 Å². The van der Waals surface area contributed by atoms with Crippen LogP contribution in [-0.4, -0.2) is 42.5 Å². The number of carbonyl (C=O) groups excluding carboxylic acids is 1. The van der Waals surface area contributed by atoms with Crippen molar-refractivity contribution in [2.24, 2.45) is 5.10 Å². The van der Waals surface area contributed by atoms with Crippen LogP contribution >= 0.6 is 23.2 Å². The van der Waals surface area contributed by atoms with Gasteiger partial charge in [-0.3, -0.25) is 4.79 Å². The van der Waals surface area contributed by atoms with Gasteiger partial charge in [0, 0.05) is 29.2 Å². The monoisotopic (exact) mass is 455 g/mol. The van der Waals surface area contributed by atoms with Gasteiger partial charge in [0.1, 0.15) is 5.75 Å². The number of hydrazone groups is 1. The predicted molar refractivity (Wildman–Crippen MR) is 112 cm³/mol. The molecule has 1 amide bonds. The minimum Gasteiger partial charge on any atom is -0.506 e. The van der Waals surface area contributed by atoms with Gasteiger partial charge in [0.15, 0.2) is 0 Å². The Bertz CT molecular complexity index is 1080. The molecular weight excluding hydrogens is 437 g/mol. The largest absolute Gasteiger partial charge is 0.506 e. The number of sulfonamides is 1. The number of amides is 1. The molecule has 0 atom stereocenters. The molecule has 2 N–H and O–H groups in total. The summed E-state index contributed by atoms with van der Waals surface area (Å²) in [7, 11) is -3.63. The number of nitrogens with zero attached hydrogens (tertiary/aromatic N) is 2. The Balaban J connectivity index is 1.80. The van der Waals surface area contributed by atoms with Crippen molar-refractivity contribution in [3.8, 4) is 5.75 Å². The van der Waals surface area contributed by atoms with E-state index in [1.807, 2.05) is 0 Å². The Kier molecular flexibility index (Phi) is 6.48. The van der Waals surface area contributed by atoms with Crippen molar-refractivity contribution in [2.75, 3.05) is 13.1 Å². The normalized spacial score (nSPS) is 15.5. The topological polar surface area (TPSA) is 99.1 Å². The zero-order valence-electron chi connectivity index (χ0n) is 15.5. The van der Waals surface area contributed by atoms with Crippen LogP contribution in [0, 0.1) is 0 Å². The standard InChI is InChI=1S/C19H19Cl2N3O4S/c1-12(16-10-14(20)11-17(21)18(16)25)22-23-19(26)13-5-4-6-15(9-13)29(27,28)24-7-2-3-8-24/h4-6,9-11,25H,2-3,7-8H2,1H3,(H,23,26)/b22-12+. The first kappa shape index (κ1) is 21.6. The van der Waals surface area contributed by atoms with Crippen molar-refractivity contribution in [1.29, 1.82) is 0 Å². The number of hydrogen-bond donors (Lipinski definition) is 2. The first-order valence-corrected chi connectivity index (χ1v) is 11.0. The van der Waals surface area contributed by atoms with Gasteiger partial charge in [0.05, 0.1) is 15.6 Å². The van der Waals surface area contributed by atoms with Crippen LogP contribution in [-0.2, 0) is 10.0 Å². The van der Waals surface area contributed by atoms with Crippen LogP contribution in [0.5, 0.6) is 5.75 Å². The van der Waals surface area contributed by atoms with E-state index in [0.717, 1.165) is 12.8 Å². The van der Waals surface area contributed by atoms with Gasteiger partial charge in [-0.2, -0.15) is 9.41 Å². The summed E-state index contributed by atoms with van der Waals surface area (Å²) >= 11 is 11.8. The highest BCUT2D eigenvalue weighted by Gasteiger charge is 2.27. The van der Waals surface area contributed by atoms with Gasteiger partial charge in [0.25, 0.3) is 5.91 Å². The maximum atomic E-state index is 12.7. The van der Waals surface area contributed by atoms with Crippen molar-refractivity contribution < 1.29 is 18.3 Å². The van der Waals surface area contributed by atoms with E-state index < -0.39 is 15.9 Å². The molecule has 1 saturated heterocycles. The lowest BCUT2D eigenvalue weighted by molar-refractivity contribution is 0.0954. The molecule has 2 aromatic rings. The number of benzene rings is 2. The van der Waals surface area contributed by atoms with Gasteiger partial charge < -0.3 is 5.11 Å². The van der Waals surface area contributed by atoms with Gasteiger partial charge in [-0.1, -0.05) is 29.3 Å². The van der Waals surface area contributed by atoms with Gasteiger partial charge in [-0.15, -0.1) is 0 Å². The zero-order chi connectivity index (χ0) is 21.2. The van der Waals surface area contributed by atoms with E-state index in [2.05, 4.69) is 10.5 Å². The Morgan fingerprint density at radius 3 is 2.55 bits per heavy atom. The van der Waals surface area contributed by atoms with Gasteiger partial charge >= 0.3 is 0 Å². The van der Waals surface area contributed by atoms with Crippen LogP contribution in [0.2, 0.25) is 10.0 Å². The third-order valence-electron chi connectivity index (χ3n) is 4.54. The van der Waals surface area contributed by atoms with E-state index in [4.69, 9.17) is 23.2 Å². The molecule has 2 aromatic carbocycles. The molecule has 1 heterocycles. The van der Waals surface area contributed by atoms with E-state index >= 15 is 0 Å². The first-order chi connectivity index (χ1) is 13.7. The highest BCUT2D eigenvalue weighted by atomic mass is 35.5. The lowest BCUT2D eigenvalue weighted by Crippen LogP contribution is -2.28. The summed E-state index contributed by atoms with van der Waals surface area (Å²) in [5.41, 5.74) is 3.05. The minimum atomic E-state index is -3.63. The van der Waals surface area contributed by atoms with Crippen LogP contribution in [0.15, 0.2) is 46.4 Å². The highest BCUT2D eigenvalue weighted by molar-refractivity contribution is 7.89. The molecule has 1 aliphatic heterocycles. The summed E-state index contributed by atoms with van der Waals surface area (Å²) < 4.78 is 26.8. The summed E-state index contributed by atoms with van der Waals surface area (Å²) in [5.74, 6) is -0.791. The summed E-state index contributed by atoms with van der Waals surface area (Å²) in [6, 6.07) is 8.65. The van der Waals surface area contributed by atoms with Crippen LogP contribution in [0.1, 0.15) is 35.7 Å². The molecule has 1 aliphatic rings. The first-order valence-electron chi connectivity index (χ1n) is 8.83. The average molecular weight is 456 g/mol. The molecule has 0 aliphatic carbocycles. The highest BCUT2D eigenvalue weighted by Crippen LogP contribution is 2.31. The number of halogens is 2. The second kappa shape index (κ2) is 8.71. The Morgan fingerprint density at radius 1 is 1.17 bits per heavy atom. The fourth-order valence-electron chi connectivity index (χ4n) is 2.98. The summed E-state index contributed by atoms with van der Waals surface area (Å²) in [4.78, 5) is 12.5. The second-order valence-corrected chi connectivity index (χ2v) is 9.34. The van der Waals surface area contributed by atoms with E-state index in [1.54, 1.807) is 6.92 Å². The summed E-state index contributed by atoms with van der Waals surface area (Å²) in [5, 5.41) is 14.4. The molecule has 0 spiro atoms. The number of phenolic OH excluding ortho intramolecular Hbond substituents is 1. The minimum absolute atomic E-state index is 0.0621. The number of carbonyl (C=O) groups is 1. The number of phenols is 1. The quantitative estimate of drug-likeness (QED) is 0.530. The van der Waals surface area contributed by atoms with Crippen LogP contribution in [0.3, 0.4) is 0 Å². The molecule has 7 nitrogen and oxygen atoms in total. The zero-order valence-corrected chi connectivity index (χ0v) is 17.9. The van der Waals surface area contributed by atoms with Crippen molar-refractivity contribution in [3.63, 3.8) is 0 Å². The van der Waals surface area contributed by atoms with E-state index in [1.165, 1.54) is 40.7 Å². The number of rotatable bonds is 5. The van der Waals surface area contributed by atoms with Crippen LogP contribution in [0.4, 0.5) is 0 Å². The van der Waals surface area contributed by atoms with Crippen molar-refractivity contribution in [2.45, 2.75) is 24.7 Å². The summed E-state index contributed by atoms with van der Waals surface area (Å²) in [6.45, 7) is 2.53. The number of hydrogen-bond acceptors (Lipinski definition) is 5. The molecule has 0 unspecified atom stereocenters. The maximum Gasteiger partial charge on any atom is 0.271 e. The Hall–Kier alpha value is -2.13. The number of aromatic hydroxyl groups is 1. The third-order valence-corrected chi connectivity index (χ3v) is 6.94. The predicted octanol–water partition coefficient (Wildman–Crippen LogP) is 3.64. The van der Waals surface area contributed by atoms with Gasteiger partial charge in [0.2, 0.25) is 10.0 Å². The Labute approximate surface area is 179 Å². The molecule has 0 aromatic heterocycles. The summed E-state index contributed by atoms with van der Waals surface area (Å²) in [6.07, 6.45) is 1.65. The molecule has 0 radical (unpaired) electrons. The van der Waals surface area contributed by atoms with Gasteiger partial charge in [-0.25, -0.2) is 13.8 Å². The molecule has 10 heteroatoms. The molecule has 1 fully saturated rings. The second-order valence-electron chi connectivity index (χ2n) is 6.56. The molecule has 0 bridgehead atoms. The fourth-order valence-corrected chi connectivity index (χ4v) is 5.03. The van der Waals surface area contributed by atoms with E-state index in [-0.39, 0.29) is 32.5 Å². The number of nitrogens with one attached hydrogen (secondary N) is 1. The maximum absolute atomic E-state index is 12.7. The van der Waals surface area contributed by atoms with E-state index in [9.17, 15) is 18.3 Å². The molecule has 3 rings (SSSR count). The van der Waals surface area contributed by atoms with E-state index in [0.29, 0.717) is 18.1 Å². The van der Waals surface area contributed by atoms with Gasteiger partial charge in [-0.05, 0) is 50.1 Å². The molecule has 29 heavy (non-hydrogen) atoms. The SMILES string of the molecule is C/C(=N\NC(=O)c1cccc(S(=O)(=O)N2CCCC2)c1)c1cc(Cl)cc(Cl)c1O. The fraction of sp³-hybridized carbons (Fsp3) is 0.263.